The van der Waals surface area contributed by atoms with Gasteiger partial charge in [0.1, 0.15) is 0 Å². The maximum Gasteiger partial charge on any atom is 0.255 e. The van der Waals surface area contributed by atoms with Crippen molar-refractivity contribution >= 4 is 5.57 Å². The summed E-state index contributed by atoms with van der Waals surface area (Å²) in [4.78, 5) is 4.53. The van der Waals surface area contributed by atoms with E-state index >= 15 is 0 Å². The monoisotopic (exact) mass is 217 g/mol. The molecule has 4 nitrogen and oxygen atoms in total. The van der Waals surface area contributed by atoms with E-state index in [1.165, 1.54) is 31.3 Å². The van der Waals surface area contributed by atoms with Crippen molar-refractivity contribution in [3.63, 3.8) is 0 Å². The van der Waals surface area contributed by atoms with Crippen LogP contribution in [0.1, 0.15) is 49.7 Å². The molecule has 2 unspecified atom stereocenters. The number of rotatable bonds is 2. The Balaban J connectivity index is 1.65. The molecule has 1 aromatic rings. The maximum absolute atomic E-state index is 5.39. The molecule has 2 bridgehead atoms. The third-order valence-corrected chi connectivity index (χ3v) is 3.87. The van der Waals surface area contributed by atoms with Crippen molar-refractivity contribution in [2.24, 2.45) is 0 Å². The lowest BCUT2D eigenvalue weighted by Crippen LogP contribution is -2.33. The molecule has 0 radical (unpaired) electrons. The van der Waals surface area contributed by atoms with Crippen molar-refractivity contribution in [3.05, 3.63) is 17.8 Å². The summed E-state index contributed by atoms with van der Waals surface area (Å²) in [5.74, 6) is 2.24. The van der Waals surface area contributed by atoms with E-state index in [0.717, 1.165) is 18.1 Å². The van der Waals surface area contributed by atoms with Gasteiger partial charge in [-0.1, -0.05) is 11.2 Å². The van der Waals surface area contributed by atoms with Crippen molar-refractivity contribution in [2.75, 3.05) is 0 Å². The lowest BCUT2D eigenvalue weighted by molar-refractivity contribution is 0.395. The summed E-state index contributed by atoms with van der Waals surface area (Å²) in [6.07, 6.45) is 8.31. The standard InChI is InChI=1S/C12H15N3O/c1-2-7(1)11-14-12(16-15-11)9-5-3-8-4-6-10(9)13-8/h5,7-8,10,13H,1-4,6H2. The van der Waals surface area contributed by atoms with Crippen LogP contribution in [0, 0.1) is 0 Å². The van der Waals surface area contributed by atoms with Gasteiger partial charge in [-0.05, 0) is 32.1 Å². The molecule has 3 aliphatic rings. The van der Waals surface area contributed by atoms with Crippen molar-refractivity contribution in [1.82, 2.24) is 15.5 Å². The highest BCUT2D eigenvalue weighted by atomic mass is 16.5. The van der Waals surface area contributed by atoms with Gasteiger partial charge in [-0.15, -0.1) is 0 Å². The topological polar surface area (TPSA) is 51.0 Å². The molecule has 1 N–H and O–H groups in total. The van der Waals surface area contributed by atoms with Gasteiger partial charge in [0.2, 0.25) is 0 Å². The van der Waals surface area contributed by atoms with E-state index in [1.54, 1.807) is 0 Å². The van der Waals surface area contributed by atoms with Gasteiger partial charge in [0.25, 0.3) is 5.89 Å². The lowest BCUT2D eigenvalue weighted by atomic mass is 10.0. The summed E-state index contributed by atoms with van der Waals surface area (Å²) >= 11 is 0. The Bertz CT molecular complexity index is 447. The van der Waals surface area contributed by atoms with Crippen LogP contribution in [0.4, 0.5) is 0 Å². The predicted molar refractivity (Wildman–Crippen MR) is 58.8 cm³/mol. The fraction of sp³-hybridized carbons (Fsp3) is 0.667. The lowest BCUT2D eigenvalue weighted by Gasteiger charge is -2.19. The molecule has 1 aromatic heterocycles. The Morgan fingerprint density at radius 3 is 3.06 bits per heavy atom. The summed E-state index contributed by atoms with van der Waals surface area (Å²) in [7, 11) is 0. The first-order valence-corrected chi connectivity index (χ1v) is 6.20. The minimum absolute atomic E-state index is 0.450. The van der Waals surface area contributed by atoms with E-state index in [4.69, 9.17) is 4.52 Å². The zero-order valence-corrected chi connectivity index (χ0v) is 9.15. The molecule has 4 rings (SSSR count). The summed E-state index contributed by atoms with van der Waals surface area (Å²) < 4.78 is 5.39. The van der Waals surface area contributed by atoms with Crippen molar-refractivity contribution in [3.8, 4) is 0 Å². The quantitative estimate of drug-likeness (QED) is 0.821. The predicted octanol–water partition coefficient (Wildman–Crippen LogP) is 1.85. The molecular formula is C12H15N3O. The maximum atomic E-state index is 5.39. The fourth-order valence-electron chi connectivity index (χ4n) is 2.76. The van der Waals surface area contributed by atoms with E-state index in [9.17, 15) is 0 Å². The SMILES string of the molecule is C1=C(c2nc(C3CC3)no2)C2CCC(C1)N2. The highest BCUT2D eigenvalue weighted by molar-refractivity contribution is 5.65. The number of nitrogens with one attached hydrogen (secondary N) is 1. The van der Waals surface area contributed by atoms with Crippen molar-refractivity contribution in [1.29, 1.82) is 0 Å². The third kappa shape index (κ3) is 1.33. The first-order valence-electron chi connectivity index (χ1n) is 6.20. The molecule has 1 saturated carbocycles. The van der Waals surface area contributed by atoms with E-state index in [-0.39, 0.29) is 0 Å². The number of hydrogen-bond donors (Lipinski definition) is 1. The first-order chi connectivity index (χ1) is 7.90. The molecule has 0 spiro atoms. The van der Waals surface area contributed by atoms with Crippen LogP contribution in [0.2, 0.25) is 0 Å². The largest absolute Gasteiger partial charge is 0.334 e. The smallest absolute Gasteiger partial charge is 0.255 e. The molecule has 0 aromatic carbocycles. The third-order valence-electron chi connectivity index (χ3n) is 3.87. The summed E-state index contributed by atoms with van der Waals surface area (Å²) in [6.45, 7) is 0. The van der Waals surface area contributed by atoms with Crippen LogP contribution in [0.3, 0.4) is 0 Å². The average Bonchev–Trinajstić information content (AvgIpc) is 2.94. The van der Waals surface area contributed by atoms with Gasteiger partial charge >= 0.3 is 0 Å². The Hall–Kier alpha value is -1.16. The normalized spacial score (nSPS) is 32.9. The number of nitrogens with zero attached hydrogens (tertiary/aromatic N) is 2. The highest BCUT2D eigenvalue weighted by Gasteiger charge is 2.34. The Labute approximate surface area is 94.1 Å². The fourth-order valence-corrected chi connectivity index (χ4v) is 2.76. The number of fused-ring (bicyclic) bond motifs is 2. The molecule has 2 atom stereocenters. The van der Waals surface area contributed by atoms with Crippen molar-refractivity contribution < 1.29 is 4.52 Å². The molecule has 1 saturated heterocycles. The molecule has 16 heavy (non-hydrogen) atoms. The van der Waals surface area contributed by atoms with Crippen LogP contribution in [0.5, 0.6) is 0 Å². The van der Waals surface area contributed by atoms with E-state index in [0.29, 0.717) is 18.0 Å². The minimum atomic E-state index is 0.450. The van der Waals surface area contributed by atoms with E-state index in [2.05, 4.69) is 21.5 Å². The first kappa shape index (κ1) is 8.93. The van der Waals surface area contributed by atoms with Crippen LogP contribution in [-0.4, -0.2) is 22.2 Å². The van der Waals surface area contributed by atoms with Crippen LogP contribution in [0.15, 0.2) is 10.6 Å². The number of aromatic nitrogens is 2. The second-order valence-corrected chi connectivity index (χ2v) is 5.12. The Morgan fingerprint density at radius 1 is 1.25 bits per heavy atom. The molecular weight excluding hydrogens is 202 g/mol. The molecule has 2 fully saturated rings. The number of hydrogen-bond acceptors (Lipinski definition) is 4. The van der Waals surface area contributed by atoms with Gasteiger partial charge < -0.3 is 9.84 Å². The zero-order valence-electron chi connectivity index (χ0n) is 9.15. The van der Waals surface area contributed by atoms with E-state index in [1.807, 2.05) is 0 Å². The second kappa shape index (κ2) is 3.17. The molecule has 4 heteroatoms. The van der Waals surface area contributed by atoms with Gasteiger partial charge in [0.15, 0.2) is 5.82 Å². The molecule has 84 valence electrons. The van der Waals surface area contributed by atoms with Crippen LogP contribution in [-0.2, 0) is 0 Å². The summed E-state index contributed by atoms with van der Waals surface area (Å²) in [5.41, 5.74) is 1.23. The molecule has 3 heterocycles. The highest BCUT2D eigenvalue weighted by Crippen LogP contribution is 2.39. The Kier molecular flexibility index (Phi) is 1.77. The summed E-state index contributed by atoms with van der Waals surface area (Å²) in [6, 6.07) is 1.13. The summed E-state index contributed by atoms with van der Waals surface area (Å²) in [5, 5.41) is 7.68. The van der Waals surface area contributed by atoms with Crippen LogP contribution < -0.4 is 5.32 Å². The van der Waals surface area contributed by atoms with Crippen LogP contribution >= 0.6 is 0 Å². The average molecular weight is 217 g/mol. The van der Waals surface area contributed by atoms with Gasteiger partial charge in [-0.25, -0.2) is 0 Å². The van der Waals surface area contributed by atoms with Gasteiger partial charge in [0, 0.05) is 23.6 Å². The van der Waals surface area contributed by atoms with Gasteiger partial charge in [0.05, 0.1) is 0 Å². The van der Waals surface area contributed by atoms with Gasteiger partial charge in [-0.3, -0.25) is 0 Å². The second-order valence-electron chi connectivity index (χ2n) is 5.12. The molecule has 0 amide bonds. The van der Waals surface area contributed by atoms with E-state index < -0.39 is 0 Å². The minimum Gasteiger partial charge on any atom is -0.334 e. The van der Waals surface area contributed by atoms with Gasteiger partial charge in [-0.2, -0.15) is 4.98 Å². The van der Waals surface area contributed by atoms with Crippen molar-refractivity contribution in [2.45, 2.75) is 50.1 Å². The molecule has 2 aliphatic heterocycles. The molecule has 1 aliphatic carbocycles. The van der Waals surface area contributed by atoms with Crippen LogP contribution in [0.25, 0.3) is 5.57 Å². The Morgan fingerprint density at radius 2 is 2.19 bits per heavy atom. The zero-order chi connectivity index (χ0) is 10.5.